The normalized spacial score (nSPS) is 11.1. The summed E-state index contributed by atoms with van der Waals surface area (Å²) >= 11 is 0. The largest absolute Gasteiger partial charge is 0.378 e. The van der Waals surface area contributed by atoms with Crippen molar-refractivity contribution in [3.63, 3.8) is 0 Å². The van der Waals surface area contributed by atoms with Crippen molar-refractivity contribution in [1.82, 2.24) is 14.8 Å². The highest BCUT2D eigenvalue weighted by Gasteiger charge is 2.23. The van der Waals surface area contributed by atoms with E-state index < -0.39 is 0 Å². The Morgan fingerprint density at radius 3 is 2.31 bits per heavy atom. The molecule has 3 rings (SSSR count). The first-order chi connectivity index (χ1) is 16.8. The molecule has 2 aromatic carbocycles. The van der Waals surface area contributed by atoms with Crippen LogP contribution < -0.4 is 4.90 Å². The number of unbranched alkanes of at least 4 members (excludes halogenated alkanes) is 1. The summed E-state index contributed by atoms with van der Waals surface area (Å²) in [7, 11) is 4.03. The molecule has 0 fully saturated rings. The summed E-state index contributed by atoms with van der Waals surface area (Å²) < 4.78 is 0. The maximum Gasteiger partial charge on any atom is 0.242 e. The van der Waals surface area contributed by atoms with Crippen molar-refractivity contribution in [2.45, 2.75) is 46.6 Å². The van der Waals surface area contributed by atoms with Gasteiger partial charge in [0.1, 0.15) is 0 Å². The van der Waals surface area contributed by atoms with Gasteiger partial charge in [-0.25, -0.2) is 0 Å². The number of para-hydroxylation sites is 1. The first kappa shape index (κ1) is 26.3. The summed E-state index contributed by atoms with van der Waals surface area (Å²) in [5, 5.41) is 1.19. The predicted octanol–water partition coefficient (Wildman–Crippen LogP) is 5.09. The predicted molar refractivity (Wildman–Crippen MR) is 145 cm³/mol. The van der Waals surface area contributed by atoms with Crippen LogP contribution in [-0.2, 0) is 22.6 Å². The molecule has 0 spiro atoms. The van der Waals surface area contributed by atoms with Gasteiger partial charge in [0, 0.05) is 62.4 Å². The van der Waals surface area contributed by atoms with E-state index in [1.54, 1.807) is 4.90 Å². The van der Waals surface area contributed by atoms with Crippen LogP contribution in [0.25, 0.3) is 10.9 Å². The van der Waals surface area contributed by atoms with Crippen molar-refractivity contribution in [1.29, 1.82) is 0 Å². The molecule has 6 heteroatoms. The van der Waals surface area contributed by atoms with E-state index in [4.69, 9.17) is 0 Å². The fraction of sp³-hybridized carbons (Fsp3) is 0.448. The molecular weight excluding hydrogens is 436 g/mol. The van der Waals surface area contributed by atoms with Gasteiger partial charge in [0.15, 0.2) is 0 Å². The number of hydrogen-bond donors (Lipinski definition) is 1. The number of nitrogens with one attached hydrogen (secondary N) is 1. The van der Waals surface area contributed by atoms with Gasteiger partial charge in [-0.1, -0.05) is 57.5 Å². The van der Waals surface area contributed by atoms with Crippen LogP contribution in [0.15, 0.2) is 54.7 Å². The van der Waals surface area contributed by atoms with Crippen LogP contribution in [0.3, 0.4) is 0 Å². The Hall–Kier alpha value is -3.28. The Morgan fingerprint density at radius 2 is 1.66 bits per heavy atom. The summed E-state index contributed by atoms with van der Waals surface area (Å²) in [5.41, 5.74) is 4.51. The first-order valence-electron chi connectivity index (χ1n) is 12.7. The van der Waals surface area contributed by atoms with Crippen molar-refractivity contribution in [3.05, 3.63) is 65.9 Å². The number of amides is 2. The molecule has 0 unspecified atom stereocenters. The van der Waals surface area contributed by atoms with Crippen molar-refractivity contribution in [2.24, 2.45) is 5.92 Å². The van der Waals surface area contributed by atoms with Crippen LogP contribution >= 0.6 is 0 Å². The van der Waals surface area contributed by atoms with E-state index in [-0.39, 0.29) is 24.3 Å². The van der Waals surface area contributed by atoms with Gasteiger partial charge in [-0.2, -0.15) is 0 Å². The van der Waals surface area contributed by atoms with E-state index in [2.05, 4.69) is 53.2 Å². The lowest BCUT2D eigenvalue weighted by molar-refractivity contribution is -0.142. The summed E-state index contributed by atoms with van der Waals surface area (Å²) in [5.74, 6) is -0.0942. The molecular formula is C29H40N4O2. The standard InChI is InChI=1S/C29H40N4O2/c1-6-7-17-33(29(35)22(2)3)21-28(34)32(20-23-12-14-25(15-13-23)31(4)5)18-16-24-19-30-27-11-9-8-10-26(24)27/h8-15,19,22,30H,6-7,16-18,20-21H2,1-5H3. The van der Waals surface area contributed by atoms with Gasteiger partial charge in [-0.3, -0.25) is 9.59 Å². The minimum atomic E-state index is -0.127. The van der Waals surface area contributed by atoms with Gasteiger partial charge in [-0.15, -0.1) is 0 Å². The highest BCUT2D eigenvalue weighted by molar-refractivity contribution is 5.86. The molecule has 35 heavy (non-hydrogen) atoms. The average Bonchev–Trinajstić information content (AvgIpc) is 3.27. The van der Waals surface area contributed by atoms with Gasteiger partial charge in [0.05, 0.1) is 6.54 Å². The first-order valence-corrected chi connectivity index (χ1v) is 12.7. The summed E-state index contributed by atoms with van der Waals surface area (Å²) in [6, 6.07) is 16.6. The topological polar surface area (TPSA) is 59.7 Å². The summed E-state index contributed by atoms with van der Waals surface area (Å²) in [6.45, 7) is 7.75. The molecule has 188 valence electrons. The fourth-order valence-corrected chi connectivity index (χ4v) is 4.25. The molecule has 2 amide bonds. The maximum atomic E-state index is 13.6. The van der Waals surface area contributed by atoms with Crippen LogP contribution in [0.1, 0.15) is 44.7 Å². The zero-order valence-corrected chi connectivity index (χ0v) is 21.9. The average molecular weight is 477 g/mol. The van der Waals surface area contributed by atoms with E-state index in [0.717, 1.165) is 36.0 Å². The number of carbonyl (C=O) groups excluding carboxylic acids is 2. The summed E-state index contributed by atoms with van der Waals surface area (Å²) in [4.78, 5) is 35.4. The molecule has 1 aromatic heterocycles. The molecule has 3 aromatic rings. The highest BCUT2D eigenvalue weighted by Crippen LogP contribution is 2.20. The van der Waals surface area contributed by atoms with Crippen LogP contribution in [0, 0.1) is 5.92 Å². The minimum absolute atomic E-state index is 0.00775. The van der Waals surface area contributed by atoms with E-state index in [1.165, 1.54) is 10.9 Å². The molecule has 0 aliphatic carbocycles. The van der Waals surface area contributed by atoms with Crippen LogP contribution in [0.2, 0.25) is 0 Å². The van der Waals surface area contributed by atoms with Gasteiger partial charge < -0.3 is 19.7 Å². The number of nitrogens with zero attached hydrogens (tertiary/aromatic N) is 3. The van der Waals surface area contributed by atoms with Crippen molar-refractivity contribution < 1.29 is 9.59 Å². The highest BCUT2D eigenvalue weighted by atomic mass is 16.2. The second-order valence-electron chi connectivity index (χ2n) is 9.75. The van der Waals surface area contributed by atoms with Crippen molar-refractivity contribution >= 4 is 28.4 Å². The zero-order chi connectivity index (χ0) is 25.4. The molecule has 0 bridgehead atoms. The molecule has 6 nitrogen and oxygen atoms in total. The van der Waals surface area contributed by atoms with Gasteiger partial charge >= 0.3 is 0 Å². The lowest BCUT2D eigenvalue weighted by Crippen LogP contribution is -2.45. The molecule has 0 atom stereocenters. The van der Waals surface area contributed by atoms with E-state index in [1.807, 2.05) is 51.2 Å². The van der Waals surface area contributed by atoms with Crippen LogP contribution in [0.4, 0.5) is 5.69 Å². The number of carbonyl (C=O) groups is 2. The number of aromatic nitrogens is 1. The Morgan fingerprint density at radius 1 is 0.943 bits per heavy atom. The number of H-pyrrole nitrogens is 1. The third kappa shape index (κ3) is 7.10. The fourth-order valence-electron chi connectivity index (χ4n) is 4.25. The monoisotopic (exact) mass is 476 g/mol. The van der Waals surface area contributed by atoms with Gasteiger partial charge in [-0.05, 0) is 42.2 Å². The minimum Gasteiger partial charge on any atom is -0.378 e. The number of benzene rings is 2. The van der Waals surface area contributed by atoms with E-state index in [0.29, 0.717) is 19.6 Å². The number of hydrogen-bond acceptors (Lipinski definition) is 3. The smallest absolute Gasteiger partial charge is 0.242 e. The van der Waals surface area contributed by atoms with Crippen molar-refractivity contribution in [3.8, 4) is 0 Å². The third-order valence-electron chi connectivity index (χ3n) is 6.42. The molecule has 0 saturated heterocycles. The maximum absolute atomic E-state index is 13.6. The Balaban J connectivity index is 1.79. The summed E-state index contributed by atoms with van der Waals surface area (Å²) in [6.07, 6.45) is 4.67. The van der Waals surface area contributed by atoms with E-state index in [9.17, 15) is 9.59 Å². The third-order valence-corrected chi connectivity index (χ3v) is 6.42. The van der Waals surface area contributed by atoms with Crippen molar-refractivity contribution in [2.75, 3.05) is 38.6 Å². The Bertz CT molecular complexity index is 1100. The number of anilines is 1. The molecule has 0 radical (unpaired) electrons. The quantitative estimate of drug-likeness (QED) is 0.396. The second kappa shape index (κ2) is 12.4. The number of rotatable bonds is 12. The molecule has 1 N–H and O–H groups in total. The van der Waals surface area contributed by atoms with E-state index >= 15 is 0 Å². The van der Waals surface area contributed by atoms with Gasteiger partial charge in [0.2, 0.25) is 11.8 Å². The van der Waals surface area contributed by atoms with Crippen LogP contribution in [0.5, 0.6) is 0 Å². The van der Waals surface area contributed by atoms with Gasteiger partial charge in [0.25, 0.3) is 0 Å². The number of fused-ring (bicyclic) bond motifs is 1. The molecule has 0 saturated carbocycles. The molecule has 0 aliphatic rings. The molecule has 1 heterocycles. The zero-order valence-electron chi connectivity index (χ0n) is 21.9. The SMILES string of the molecule is CCCCN(CC(=O)N(CCc1c[nH]c2ccccc12)Cc1ccc(N(C)C)cc1)C(=O)C(C)C. The van der Waals surface area contributed by atoms with Crippen LogP contribution in [-0.4, -0.2) is 60.3 Å². The Kier molecular flexibility index (Phi) is 9.35. The second-order valence-corrected chi connectivity index (χ2v) is 9.75. The molecule has 0 aliphatic heterocycles. The Labute approximate surface area is 209 Å². The lowest BCUT2D eigenvalue weighted by atomic mass is 10.1. The number of aromatic amines is 1. The lowest BCUT2D eigenvalue weighted by Gasteiger charge is -2.29.